The first-order valence-corrected chi connectivity index (χ1v) is 7.20. The number of hydrogen-bond donors (Lipinski definition) is 1. The van der Waals surface area contributed by atoms with E-state index in [1.165, 1.54) is 11.1 Å². The van der Waals surface area contributed by atoms with Crippen molar-refractivity contribution in [2.45, 2.75) is 27.7 Å². The van der Waals surface area contributed by atoms with Gasteiger partial charge in [-0.1, -0.05) is 6.07 Å². The number of aromatic nitrogens is 2. The third kappa shape index (κ3) is 2.91. The van der Waals surface area contributed by atoms with Crippen molar-refractivity contribution in [3.05, 3.63) is 41.1 Å². The van der Waals surface area contributed by atoms with Gasteiger partial charge in [-0.3, -0.25) is 4.79 Å². The zero-order chi connectivity index (χ0) is 15.6. The average Bonchev–Trinajstić information content (AvgIpc) is 2.85. The Bertz CT molecular complexity index is 656. The van der Waals surface area contributed by atoms with Crippen molar-refractivity contribution in [2.24, 2.45) is 0 Å². The summed E-state index contributed by atoms with van der Waals surface area (Å²) >= 11 is 0. The van der Waals surface area contributed by atoms with Crippen LogP contribution in [0.1, 0.15) is 35.5 Å². The summed E-state index contributed by atoms with van der Waals surface area (Å²) in [4.78, 5) is 14.0. The number of rotatable bonds is 4. The second-order valence-electron chi connectivity index (χ2n) is 5.11. The summed E-state index contributed by atoms with van der Waals surface area (Å²) in [5, 5.41) is 4.37. The van der Waals surface area contributed by atoms with Crippen molar-refractivity contribution < 1.29 is 4.79 Å². The highest BCUT2D eigenvalue weighted by molar-refractivity contribution is 5.93. The molecule has 0 saturated heterocycles. The molecular formula is C16H22N4O. The molecule has 1 aromatic heterocycles. The van der Waals surface area contributed by atoms with Gasteiger partial charge in [-0.05, 0) is 51.0 Å². The van der Waals surface area contributed by atoms with E-state index in [1.807, 2.05) is 39.0 Å². The van der Waals surface area contributed by atoms with E-state index in [2.05, 4.69) is 12.0 Å². The normalized spacial score (nSPS) is 10.7. The van der Waals surface area contributed by atoms with E-state index in [0.717, 1.165) is 5.69 Å². The third-order valence-corrected chi connectivity index (χ3v) is 3.74. The van der Waals surface area contributed by atoms with Crippen LogP contribution in [-0.2, 0) is 0 Å². The van der Waals surface area contributed by atoms with Gasteiger partial charge in [-0.25, -0.2) is 4.68 Å². The first kappa shape index (κ1) is 15.1. The Hall–Kier alpha value is -2.30. The second kappa shape index (κ2) is 5.99. The Morgan fingerprint density at radius 3 is 2.43 bits per heavy atom. The molecule has 1 aromatic carbocycles. The largest absolute Gasteiger partial charge is 0.384 e. The standard InChI is InChI=1S/C16H22N4O/c1-5-19(6-2)16(21)14-10-15(17)20(18-14)13-8-7-11(3)12(4)9-13/h7-10H,5-6,17H2,1-4H3. The van der Waals surface area contributed by atoms with Crippen molar-refractivity contribution in [3.63, 3.8) is 0 Å². The molecular weight excluding hydrogens is 264 g/mol. The van der Waals surface area contributed by atoms with Crippen molar-refractivity contribution in [1.82, 2.24) is 14.7 Å². The predicted octanol–water partition coefficient (Wildman–Crippen LogP) is 2.55. The number of benzene rings is 1. The lowest BCUT2D eigenvalue weighted by Gasteiger charge is -2.16. The van der Waals surface area contributed by atoms with Crippen LogP contribution in [0.25, 0.3) is 5.69 Å². The van der Waals surface area contributed by atoms with Gasteiger partial charge in [0.1, 0.15) is 5.82 Å². The lowest BCUT2D eigenvalue weighted by atomic mass is 10.1. The van der Waals surface area contributed by atoms with Crippen molar-refractivity contribution in [3.8, 4) is 5.69 Å². The Morgan fingerprint density at radius 2 is 1.86 bits per heavy atom. The van der Waals surface area contributed by atoms with Gasteiger partial charge in [0.25, 0.3) is 5.91 Å². The van der Waals surface area contributed by atoms with Gasteiger partial charge in [0.15, 0.2) is 5.69 Å². The number of carbonyl (C=O) groups excluding carboxylic acids is 1. The molecule has 0 saturated carbocycles. The Morgan fingerprint density at radius 1 is 1.19 bits per heavy atom. The van der Waals surface area contributed by atoms with Gasteiger partial charge >= 0.3 is 0 Å². The van der Waals surface area contributed by atoms with Crippen LogP contribution in [0.3, 0.4) is 0 Å². The van der Waals surface area contributed by atoms with Crippen molar-refractivity contribution in [1.29, 1.82) is 0 Å². The van der Waals surface area contributed by atoms with Crippen LogP contribution >= 0.6 is 0 Å². The van der Waals surface area contributed by atoms with Crippen molar-refractivity contribution >= 4 is 11.7 Å². The van der Waals surface area contributed by atoms with E-state index in [1.54, 1.807) is 15.6 Å². The minimum Gasteiger partial charge on any atom is -0.384 e. The maximum absolute atomic E-state index is 12.3. The number of amides is 1. The molecule has 2 rings (SSSR count). The summed E-state index contributed by atoms with van der Waals surface area (Å²) in [5.74, 6) is 0.378. The van der Waals surface area contributed by atoms with Crippen LogP contribution in [0.5, 0.6) is 0 Å². The third-order valence-electron chi connectivity index (χ3n) is 3.74. The van der Waals surface area contributed by atoms with Crippen molar-refractivity contribution in [2.75, 3.05) is 18.8 Å². The van der Waals surface area contributed by atoms with E-state index in [0.29, 0.717) is 24.6 Å². The molecule has 0 fully saturated rings. The van der Waals surface area contributed by atoms with Crippen LogP contribution in [0.2, 0.25) is 0 Å². The number of carbonyl (C=O) groups is 1. The number of hydrogen-bond acceptors (Lipinski definition) is 3. The van der Waals surface area contributed by atoms with Crippen LogP contribution < -0.4 is 5.73 Å². The minimum atomic E-state index is -0.0886. The summed E-state index contributed by atoms with van der Waals surface area (Å²) < 4.78 is 1.61. The van der Waals surface area contributed by atoms with Gasteiger partial charge in [0.2, 0.25) is 0 Å². The number of nitrogen functional groups attached to an aromatic ring is 1. The molecule has 1 heterocycles. The zero-order valence-electron chi connectivity index (χ0n) is 13.1. The smallest absolute Gasteiger partial charge is 0.274 e. The van der Waals surface area contributed by atoms with Gasteiger partial charge < -0.3 is 10.6 Å². The molecule has 112 valence electrons. The molecule has 5 heteroatoms. The fourth-order valence-corrected chi connectivity index (χ4v) is 2.24. The lowest BCUT2D eigenvalue weighted by Crippen LogP contribution is -2.30. The molecule has 0 bridgehead atoms. The molecule has 1 amide bonds. The predicted molar refractivity (Wildman–Crippen MR) is 84.7 cm³/mol. The highest BCUT2D eigenvalue weighted by Gasteiger charge is 2.18. The first-order valence-electron chi connectivity index (χ1n) is 7.20. The Labute approximate surface area is 125 Å². The number of anilines is 1. The molecule has 0 atom stereocenters. The van der Waals surface area contributed by atoms with E-state index in [9.17, 15) is 4.79 Å². The van der Waals surface area contributed by atoms with Crippen LogP contribution in [0.15, 0.2) is 24.3 Å². The summed E-state index contributed by atoms with van der Waals surface area (Å²) in [5.41, 5.74) is 9.64. The van der Waals surface area contributed by atoms with Gasteiger partial charge in [-0.2, -0.15) is 5.10 Å². The van der Waals surface area contributed by atoms with E-state index in [4.69, 9.17) is 5.73 Å². The van der Waals surface area contributed by atoms with Crippen LogP contribution in [-0.4, -0.2) is 33.7 Å². The molecule has 0 aliphatic rings. The highest BCUT2D eigenvalue weighted by Crippen LogP contribution is 2.18. The summed E-state index contributed by atoms with van der Waals surface area (Å²) in [6, 6.07) is 7.63. The SMILES string of the molecule is CCN(CC)C(=O)c1cc(N)n(-c2ccc(C)c(C)c2)n1. The fraction of sp³-hybridized carbons (Fsp3) is 0.375. The first-order chi connectivity index (χ1) is 9.97. The fourth-order valence-electron chi connectivity index (χ4n) is 2.24. The molecule has 0 spiro atoms. The van der Waals surface area contributed by atoms with Crippen LogP contribution in [0.4, 0.5) is 5.82 Å². The topological polar surface area (TPSA) is 64.2 Å². The summed E-state index contributed by atoms with van der Waals surface area (Å²) in [6.07, 6.45) is 0. The summed E-state index contributed by atoms with van der Waals surface area (Å²) in [6.45, 7) is 9.31. The van der Waals surface area contributed by atoms with Gasteiger partial charge in [-0.15, -0.1) is 0 Å². The molecule has 0 radical (unpaired) electrons. The molecule has 2 aromatic rings. The molecule has 21 heavy (non-hydrogen) atoms. The monoisotopic (exact) mass is 286 g/mol. The van der Waals surface area contributed by atoms with Gasteiger partial charge in [0.05, 0.1) is 5.69 Å². The quantitative estimate of drug-likeness (QED) is 0.939. The molecule has 0 unspecified atom stereocenters. The average molecular weight is 286 g/mol. The van der Waals surface area contributed by atoms with Crippen LogP contribution in [0, 0.1) is 13.8 Å². The molecule has 0 aliphatic heterocycles. The highest BCUT2D eigenvalue weighted by atomic mass is 16.2. The number of nitrogens with zero attached hydrogens (tertiary/aromatic N) is 3. The zero-order valence-corrected chi connectivity index (χ0v) is 13.1. The molecule has 5 nitrogen and oxygen atoms in total. The van der Waals surface area contributed by atoms with Gasteiger partial charge in [0, 0.05) is 19.2 Å². The second-order valence-corrected chi connectivity index (χ2v) is 5.11. The Kier molecular flexibility index (Phi) is 4.31. The number of nitrogens with two attached hydrogens (primary N) is 1. The summed E-state index contributed by atoms with van der Waals surface area (Å²) in [7, 11) is 0. The maximum atomic E-state index is 12.3. The Balaban J connectivity index is 2.39. The number of aryl methyl sites for hydroxylation is 2. The molecule has 0 aliphatic carbocycles. The van der Waals surface area contributed by atoms with E-state index < -0.39 is 0 Å². The maximum Gasteiger partial charge on any atom is 0.274 e. The van der Waals surface area contributed by atoms with E-state index >= 15 is 0 Å². The minimum absolute atomic E-state index is 0.0886. The molecule has 2 N–H and O–H groups in total. The lowest BCUT2D eigenvalue weighted by molar-refractivity contribution is 0.0766. The van der Waals surface area contributed by atoms with E-state index in [-0.39, 0.29) is 5.91 Å².